The summed E-state index contributed by atoms with van der Waals surface area (Å²) in [6.07, 6.45) is 0. The summed E-state index contributed by atoms with van der Waals surface area (Å²) >= 11 is 0. The molecule has 5 heteroatoms. The van der Waals surface area contributed by atoms with Crippen LogP contribution in [0.4, 0.5) is 5.95 Å². The molecule has 1 heterocycles. The van der Waals surface area contributed by atoms with Gasteiger partial charge in [-0.05, 0) is 24.3 Å². The van der Waals surface area contributed by atoms with E-state index in [0.717, 1.165) is 11.0 Å². The number of anilines is 1. The average molecular weight is 252 g/mol. The lowest BCUT2D eigenvalue weighted by atomic mass is 10.2. The number of H-pyrrole nitrogens is 1. The van der Waals surface area contributed by atoms with Gasteiger partial charge in [0.1, 0.15) is 0 Å². The van der Waals surface area contributed by atoms with Gasteiger partial charge in [0.2, 0.25) is 5.95 Å². The molecule has 5 nitrogen and oxygen atoms in total. The molecule has 0 aliphatic carbocycles. The van der Waals surface area contributed by atoms with Gasteiger partial charge in [0.05, 0.1) is 11.0 Å². The number of imidazole rings is 1. The Morgan fingerprint density at radius 1 is 1.00 bits per heavy atom. The molecule has 1 aromatic heterocycles. The van der Waals surface area contributed by atoms with Gasteiger partial charge in [-0.15, -0.1) is 0 Å². The van der Waals surface area contributed by atoms with Gasteiger partial charge in [-0.3, -0.25) is 15.6 Å². The van der Waals surface area contributed by atoms with Crippen molar-refractivity contribution in [3.8, 4) is 0 Å². The molecule has 0 saturated carbocycles. The Kier molecular flexibility index (Phi) is 2.86. The number of aromatic amines is 1. The molecule has 0 fully saturated rings. The number of amides is 1. The zero-order valence-corrected chi connectivity index (χ0v) is 10.1. The number of rotatable bonds is 3. The monoisotopic (exact) mass is 252 g/mol. The smallest absolute Gasteiger partial charge is 0.269 e. The molecule has 0 spiro atoms. The van der Waals surface area contributed by atoms with Crippen LogP contribution in [0.25, 0.3) is 11.0 Å². The molecule has 0 aliphatic heterocycles. The van der Waals surface area contributed by atoms with Crippen LogP contribution in [0.1, 0.15) is 10.4 Å². The third kappa shape index (κ3) is 2.40. The molecule has 3 rings (SSSR count). The number of hydrogen-bond acceptors (Lipinski definition) is 3. The van der Waals surface area contributed by atoms with Gasteiger partial charge in [0, 0.05) is 5.56 Å². The Morgan fingerprint density at radius 3 is 2.53 bits per heavy atom. The summed E-state index contributed by atoms with van der Waals surface area (Å²) in [5, 5.41) is 0. The molecule has 2 aromatic carbocycles. The summed E-state index contributed by atoms with van der Waals surface area (Å²) < 4.78 is 0. The maximum absolute atomic E-state index is 11.8. The molecule has 94 valence electrons. The highest BCUT2D eigenvalue weighted by Crippen LogP contribution is 2.12. The third-order valence-electron chi connectivity index (χ3n) is 2.72. The van der Waals surface area contributed by atoms with Crippen molar-refractivity contribution in [3.63, 3.8) is 0 Å². The first-order valence-electron chi connectivity index (χ1n) is 5.89. The predicted molar refractivity (Wildman–Crippen MR) is 73.6 cm³/mol. The number of nitrogens with one attached hydrogen (secondary N) is 3. The number of para-hydroxylation sites is 2. The van der Waals surface area contributed by atoms with E-state index >= 15 is 0 Å². The number of fused-ring (bicyclic) bond motifs is 1. The summed E-state index contributed by atoms with van der Waals surface area (Å²) in [5.41, 5.74) is 7.71. The Labute approximate surface area is 109 Å². The number of hydrogen-bond donors (Lipinski definition) is 3. The fourth-order valence-corrected chi connectivity index (χ4v) is 1.79. The van der Waals surface area contributed by atoms with Crippen LogP contribution >= 0.6 is 0 Å². The number of nitrogens with zero attached hydrogens (tertiary/aromatic N) is 1. The summed E-state index contributed by atoms with van der Waals surface area (Å²) in [6.45, 7) is 0. The second-order valence-electron chi connectivity index (χ2n) is 4.05. The van der Waals surface area contributed by atoms with E-state index in [1.165, 1.54) is 0 Å². The standard InChI is InChI=1S/C14H12N4O/c19-13(10-6-2-1-3-7-10)17-18-14-15-11-8-4-5-9-12(11)16-14/h1-9H,(H,17,19)(H2,15,16,18). The average Bonchev–Trinajstić information content (AvgIpc) is 2.88. The van der Waals surface area contributed by atoms with Crippen molar-refractivity contribution >= 4 is 22.9 Å². The molecule has 0 atom stereocenters. The van der Waals surface area contributed by atoms with Crippen molar-refractivity contribution < 1.29 is 4.79 Å². The summed E-state index contributed by atoms with van der Waals surface area (Å²) in [7, 11) is 0. The van der Waals surface area contributed by atoms with Gasteiger partial charge in [-0.1, -0.05) is 30.3 Å². The topological polar surface area (TPSA) is 69.8 Å². The molecule has 0 unspecified atom stereocenters. The van der Waals surface area contributed by atoms with Crippen LogP contribution in [0.2, 0.25) is 0 Å². The van der Waals surface area contributed by atoms with Crippen molar-refractivity contribution in [2.45, 2.75) is 0 Å². The minimum atomic E-state index is -0.207. The number of benzene rings is 2. The number of hydrazine groups is 1. The molecule has 1 amide bonds. The summed E-state index contributed by atoms with van der Waals surface area (Å²) in [4.78, 5) is 19.2. The fraction of sp³-hybridized carbons (Fsp3) is 0. The largest absolute Gasteiger partial charge is 0.323 e. The first-order valence-corrected chi connectivity index (χ1v) is 5.89. The normalized spacial score (nSPS) is 10.3. The second-order valence-corrected chi connectivity index (χ2v) is 4.05. The van der Waals surface area contributed by atoms with Crippen LogP contribution in [0.15, 0.2) is 54.6 Å². The quantitative estimate of drug-likeness (QED) is 0.626. The van der Waals surface area contributed by atoms with Crippen LogP contribution in [-0.2, 0) is 0 Å². The SMILES string of the molecule is O=C(NNc1nc2ccccc2[nH]1)c1ccccc1. The Balaban J connectivity index is 1.71. The molecule has 0 saturated heterocycles. The highest BCUT2D eigenvalue weighted by molar-refractivity contribution is 5.94. The van der Waals surface area contributed by atoms with E-state index in [2.05, 4.69) is 20.8 Å². The van der Waals surface area contributed by atoms with E-state index < -0.39 is 0 Å². The Morgan fingerprint density at radius 2 is 1.74 bits per heavy atom. The van der Waals surface area contributed by atoms with Crippen molar-refractivity contribution in [3.05, 3.63) is 60.2 Å². The zero-order chi connectivity index (χ0) is 13.1. The van der Waals surface area contributed by atoms with Crippen LogP contribution in [0.5, 0.6) is 0 Å². The van der Waals surface area contributed by atoms with Gasteiger partial charge in [-0.2, -0.15) is 0 Å². The van der Waals surface area contributed by atoms with E-state index in [0.29, 0.717) is 11.5 Å². The molecule has 0 aliphatic rings. The highest BCUT2D eigenvalue weighted by Gasteiger charge is 2.05. The van der Waals surface area contributed by atoms with E-state index in [1.807, 2.05) is 42.5 Å². The Hall–Kier alpha value is -2.82. The van der Waals surface area contributed by atoms with Crippen LogP contribution in [-0.4, -0.2) is 15.9 Å². The molecule has 19 heavy (non-hydrogen) atoms. The fourth-order valence-electron chi connectivity index (χ4n) is 1.79. The number of carbonyl (C=O) groups is 1. The number of aromatic nitrogens is 2. The van der Waals surface area contributed by atoms with Crippen molar-refractivity contribution in [2.24, 2.45) is 0 Å². The second kappa shape index (κ2) is 4.81. The lowest BCUT2D eigenvalue weighted by molar-refractivity contribution is 0.0962. The lowest BCUT2D eigenvalue weighted by Gasteiger charge is -2.04. The minimum Gasteiger partial charge on any atom is -0.323 e. The lowest BCUT2D eigenvalue weighted by Crippen LogP contribution is -2.29. The zero-order valence-electron chi connectivity index (χ0n) is 10.1. The first kappa shape index (κ1) is 11.3. The number of carbonyl (C=O) groups excluding carboxylic acids is 1. The van der Waals surface area contributed by atoms with Gasteiger partial charge < -0.3 is 4.98 Å². The van der Waals surface area contributed by atoms with Gasteiger partial charge in [0.25, 0.3) is 5.91 Å². The Bertz CT molecular complexity index is 673. The summed E-state index contributed by atoms with van der Waals surface area (Å²) in [6, 6.07) is 16.6. The minimum absolute atomic E-state index is 0.207. The van der Waals surface area contributed by atoms with Crippen molar-refractivity contribution in [2.75, 3.05) is 5.43 Å². The molecule has 3 N–H and O–H groups in total. The van der Waals surface area contributed by atoms with E-state index in [1.54, 1.807) is 12.1 Å². The van der Waals surface area contributed by atoms with Crippen LogP contribution < -0.4 is 10.9 Å². The van der Waals surface area contributed by atoms with Gasteiger partial charge in [0.15, 0.2) is 0 Å². The van der Waals surface area contributed by atoms with Crippen LogP contribution in [0.3, 0.4) is 0 Å². The van der Waals surface area contributed by atoms with Crippen molar-refractivity contribution in [1.29, 1.82) is 0 Å². The molecular formula is C14H12N4O. The van der Waals surface area contributed by atoms with Gasteiger partial charge >= 0.3 is 0 Å². The first-order chi connectivity index (χ1) is 9.33. The van der Waals surface area contributed by atoms with Gasteiger partial charge in [-0.25, -0.2) is 4.98 Å². The molecular weight excluding hydrogens is 240 g/mol. The van der Waals surface area contributed by atoms with Crippen molar-refractivity contribution in [1.82, 2.24) is 15.4 Å². The van der Waals surface area contributed by atoms with E-state index in [9.17, 15) is 4.79 Å². The maximum Gasteiger partial charge on any atom is 0.269 e. The van der Waals surface area contributed by atoms with E-state index in [4.69, 9.17) is 0 Å². The predicted octanol–water partition coefficient (Wildman–Crippen LogP) is 2.32. The maximum atomic E-state index is 11.8. The molecule has 0 radical (unpaired) electrons. The highest BCUT2D eigenvalue weighted by atomic mass is 16.2. The summed E-state index contributed by atoms with van der Waals surface area (Å²) in [5.74, 6) is 0.298. The molecule has 0 bridgehead atoms. The van der Waals surface area contributed by atoms with Crippen LogP contribution in [0, 0.1) is 0 Å². The molecule has 3 aromatic rings. The van der Waals surface area contributed by atoms with E-state index in [-0.39, 0.29) is 5.91 Å². The third-order valence-corrected chi connectivity index (χ3v) is 2.72.